The zero-order valence-electron chi connectivity index (χ0n) is 17.7. The number of ether oxygens (including phenoxy) is 5. The van der Waals surface area contributed by atoms with E-state index in [2.05, 4.69) is 21.2 Å². The maximum atomic E-state index is 12.7. The molecule has 3 N–H and O–H groups in total. The van der Waals surface area contributed by atoms with Crippen molar-refractivity contribution in [3.8, 4) is 28.7 Å². The van der Waals surface area contributed by atoms with Gasteiger partial charge in [-0.2, -0.15) is 0 Å². The summed E-state index contributed by atoms with van der Waals surface area (Å²) >= 11 is 3.51. The van der Waals surface area contributed by atoms with Gasteiger partial charge < -0.3 is 34.7 Å². The number of rotatable bonds is 11. The van der Waals surface area contributed by atoms with Gasteiger partial charge in [-0.05, 0) is 36.2 Å². The van der Waals surface area contributed by atoms with Gasteiger partial charge in [0.2, 0.25) is 5.75 Å². The number of benzene rings is 2. The molecule has 31 heavy (non-hydrogen) atoms. The number of carbonyl (C=O) groups excluding carboxylic acids is 2. The van der Waals surface area contributed by atoms with Gasteiger partial charge in [-0.3, -0.25) is 9.59 Å². The van der Waals surface area contributed by atoms with Crippen LogP contribution in [0.3, 0.4) is 0 Å². The quantitative estimate of drug-likeness (QED) is 0.489. The Morgan fingerprint density at radius 3 is 1.97 bits per heavy atom. The zero-order valence-corrected chi connectivity index (χ0v) is 19.3. The summed E-state index contributed by atoms with van der Waals surface area (Å²) in [5.41, 5.74) is 6.38. The van der Waals surface area contributed by atoms with E-state index < -0.39 is 5.91 Å². The molecule has 0 fully saturated rings. The molecule has 0 bridgehead atoms. The molecule has 2 amide bonds. The van der Waals surface area contributed by atoms with Crippen molar-refractivity contribution in [3.63, 3.8) is 0 Å². The molecule has 0 heterocycles. The van der Waals surface area contributed by atoms with E-state index in [-0.39, 0.29) is 29.8 Å². The van der Waals surface area contributed by atoms with Gasteiger partial charge >= 0.3 is 0 Å². The first-order valence-electron chi connectivity index (χ1n) is 9.20. The van der Waals surface area contributed by atoms with Crippen molar-refractivity contribution >= 4 is 27.7 Å². The minimum absolute atomic E-state index is 0.189. The molecule has 0 aromatic heterocycles. The van der Waals surface area contributed by atoms with E-state index in [0.29, 0.717) is 30.0 Å². The van der Waals surface area contributed by atoms with E-state index >= 15 is 0 Å². The second kappa shape index (κ2) is 11.3. The first kappa shape index (κ1) is 24.1. The van der Waals surface area contributed by atoms with Gasteiger partial charge in [-0.15, -0.1) is 0 Å². The second-order valence-electron chi connectivity index (χ2n) is 6.27. The summed E-state index contributed by atoms with van der Waals surface area (Å²) < 4.78 is 27.4. The van der Waals surface area contributed by atoms with Gasteiger partial charge in [-0.1, -0.05) is 15.9 Å². The van der Waals surface area contributed by atoms with E-state index in [9.17, 15) is 9.59 Å². The van der Waals surface area contributed by atoms with Crippen LogP contribution in [0.2, 0.25) is 0 Å². The number of nitrogens with one attached hydrogen (secondary N) is 1. The Morgan fingerprint density at radius 2 is 1.45 bits per heavy atom. The predicted octanol–water partition coefficient (Wildman–Crippen LogP) is 2.32. The van der Waals surface area contributed by atoms with Crippen LogP contribution in [0, 0.1) is 0 Å². The largest absolute Gasteiger partial charge is 0.493 e. The van der Waals surface area contributed by atoms with Crippen molar-refractivity contribution in [3.05, 3.63) is 39.9 Å². The summed E-state index contributed by atoms with van der Waals surface area (Å²) in [5, 5.41) is 2.86. The Hall–Kier alpha value is -3.14. The number of hydrogen-bond acceptors (Lipinski definition) is 7. The highest BCUT2D eigenvalue weighted by Crippen LogP contribution is 2.38. The highest BCUT2D eigenvalue weighted by Gasteiger charge is 2.18. The molecule has 2 aromatic rings. The third-order valence-corrected chi connectivity index (χ3v) is 5.05. The normalized spacial score (nSPS) is 10.2. The van der Waals surface area contributed by atoms with Crippen molar-refractivity contribution in [2.45, 2.75) is 6.42 Å². The van der Waals surface area contributed by atoms with Crippen molar-refractivity contribution in [1.82, 2.24) is 5.32 Å². The summed E-state index contributed by atoms with van der Waals surface area (Å²) in [6.07, 6.45) is 0.556. The van der Waals surface area contributed by atoms with Gasteiger partial charge in [0.1, 0.15) is 0 Å². The van der Waals surface area contributed by atoms with Crippen molar-refractivity contribution in [2.75, 3.05) is 41.6 Å². The number of carbonyl (C=O) groups is 2. The minimum Gasteiger partial charge on any atom is -0.493 e. The van der Waals surface area contributed by atoms with Crippen LogP contribution >= 0.6 is 15.9 Å². The van der Waals surface area contributed by atoms with Crippen LogP contribution in [-0.2, 0) is 11.2 Å². The van der Waals surface area contributed by atoms with Gasteiger partial charge in [0.15, 0.2) is 29.6 Å². The fourth-order valence-electron chi connectivity index (χ4n) is 2.80. The summed E-state index contributed by atoms with van der Waals surface area (Å²) in [5.74, 6) is 0.923. The molecule has 0 atom stereocenters. The van der Waals surface area contributed by atoms with Crippen LogP contribution < -0.4 is 34.7 Å². The standard InChI is InChI=1S/C21H25BrN2O7/c1-27-15-7-12(14(22)10-16(15)28-2)5-6-24-21(26)13-8-17(29-3)20(18(9-13)30-4)31-11-19(23)25/h7-10H,5-6,11H2,1-4H3,(H2,23,25)(H,24,26). The van der Waals surface area contributed by atoms with Crippen molar-refractivity contribution in [1.29, 1.82) is 0 Å². The maximum Gasteiger partial charge on any atom is 0.255 e. The molecule has 0 saturated carbocycles. The smallest absolute Gasteiger partial charge is 0.255 e. The molecule has 0 radical (unpaired) electrons. The van der Waals surface area contributed by atoms with Crippen LogP contribution in [0.1, 0.15) is 15.9 Å². The predicted molar refractivity (Wildman–Crippen MR) is 118 cm³/mol. The number of nitrogens with two attached hydrogens (primary N) is 1. The van der Waals surface area contributed by atoms with Crippen molar-refractivity contribution < 1.29 is 33.3 Å². The molecular formula is C21H25BrN2O7. The first-order chi connectivity index (χ1) is 14.8. The Bertz CT molecular complexity index is 925. The fraction of sp³-hybridized carbons (Fsp3) is 0.333. The number of halogens is 1. The lowest BCUT2D eigenvalue weighted by Crippen LogP contribution is -2.26. The first-order valence-corrected chi connectivity index (χ1v) is 9.99. The van der Waals surface area contributed by atoms with Gasteiger partial charge in [-0.25, -0.2) is 0 Å². The lowest BCUT2D eigenvalue weighted by atomic mass is 10.1. The van der Waals surface area contributed by atoms with Gasteiger partial charge in [0.25, 0.3) is 11.8 Å². The lowest BCUT2D eigenvalue weighted by Gasteiger charge is -2.15. The molecular weight excluding hydrogens is 472 g/mol. The molecule has 9 nitrogen and oxygen atoms in total. The highest BCUT2D eigenvalue weighted by atomic mass is 79.9. The molecule has 2 aromatic carbocycles. The van der Waals surface area contributed by atoms with Crippen LogP contribution in [-0.4, -0.2) is 53.4 Å². The molecule has 168 valence electrons. The van der Waals surface area contributed by atoms with Crippen LogP contribution in [0.4, 0.5) is 0 Å². The number of amides is 2. The minimum atomic E-state index is -0.646. The molecule has 0 saturated heterocycles. The van der Waals surface area contributed by atoms with E-state index in [1.54, 1.807) is 14.2 Å². The van der Waals surface area contributed by atoms with E-state index in [1.807, 2.05) is 12.1 Å². The van der Waals surface area contributed by atoms with E-state index in [0.717, 1.165) is 10.0 Å². The van der Waals surface area contributed by atoms with Crippen molar-refractivity contribution in [2.24, 2.45) is 5.73 Å². The summed E-state index contributed by atoms with van der Waals surface area (Å²) in [7, 11) is 5.97. The molecule has 0 aliphatic rings. The van der Waals surface area contributed by atoms with Crippen LogP contribution in [0.25, 0.3) is 0 Å². The Morgan fingerprint density at radius 1 is 0.903 bits per heavy atom. The summed E-state index contributed by atoms with van der Waals surface area (Å²) in [6, 6.07) is 6.67. The average Bonchev–Trinajstić information content (AvgIpc) is 2.77. The third kappa shape index (κ3) is 6.17. The molecule has 10 heteroatoms. The van der Waals surface area contributed by atoms with Gasteiger partial charge in [0.05, 0.1) is 28.4 Å². The average molecular weight is 497 g/mol. The number of hydrogen-bond donors (Lipinski definition) is 2. The number of primary amides is 1. The SMILES string of the molecule is COc1cc(Br)c(CCNC(=O)c2cc(OC)c(OCC(N)=O)c(OC)c2)cc1OC. The highest BCUT2D eigenvalue weighted by molar-refractivity contribution is 9.10. The Balaban J connectivity index is 2.13. The topological polar surface area (TPSA) is 118 Å². The second-order valence-corrected chi connectivity index (χ2v) is 7.12. The third-order valence-electron chi connectivity index (χ3n) is 4.31. The number of methoxy groups -OCH3 is 4. The molecule has 2 rings (SSSR count). The Labute approximate surface area is 188 Å². The van der Waals surface area contributed by atoms with Crippen LogP contribution in [0.5, 0.6) is 28.7 Å². The molecule has 0 aliphatic carbocycles. The zero-order chi connectivity index (χ0) is 23.0. The Kier molecular flexibility index (Phi) is 8.80. The van der Waals surface area contributed by atoms with E-state index in [4.69, 9.17) is 29.4 Å². The fourth-order valence-corrected chi connectivity index (χ4v) is 3.32. The molecule has 0 spiro atoms. The monoisotopic (exact) mass is 496 g/mol. The molecule has 0 aliphatic heterocycles. The maximum absolute atomic E-state index is 12.7. The summed E-state index contributed by atoms with van der Waals surface area (Å²) in [4.78, 5) is 23.7. The molecule has 0 unspecified atom stereocenters. The van der Waals surface area contributed by atoms with Crippen LogP contribution in [0.15, 0.2) is 28.7 Å². The summed E-state index contributed by atoms with van der Waals surface area (Å²) in [6.45, 7) is 0.0237. The van der Waals surface area contributed by atoms with Gasteiger partial charge in [0, 0.05) is 16.6 Å². The lowest BCUT2D eigenvalue weighted by molar-refractivity contribution is -0.120. The van der Waals surface area contributed by atoms with E-state index in [1.165, 1.54) is 26.4 Å².